The molecule has 0 aliphatic heterocycles. The average Bonchev–Trinajstić information content (AvgIpc) is 2.39. The number of nitrogens with two attached hydrogens (primary N) is 1. The van der Waals surface area contributed by atoms with E-state index < -0.39 is 0 Å². The lowest BCUT2D eigenvalue weighted by Crippen LogP contribution is -2.15. The van der Waals surface area contributed by atoms with Gasteiger partial charge in [0.05, 0.1) is 18.8 Å². The standard InChI is InChI=1S/C16H20N2O/c1-11-7-8-16(19-3)13(9-11)10-14(17)15-6-4-5-12(2)18-15/h4-9,14H,10,17H2,1-3H3. The van der Waals surface area contributed by atoms with E-state index in [1.165, 1.54) is 5.56 Å². The third-order valence-corrected chi connectivity index (χ3v) is 3.17. The van der Waals surface area contributed by atoms with Gasteiger partial charge in [0.2, 0.25) is 0 Å². The van der Waals surface area contributed by atoms with E-state index in [9.17, 15) is 0 Å². The van der Waals surface area contributed by atoms with Crippen LogP contribution in [0.4, 0.5) is 0 Å². The molecule has 1 aromatic heterocycles. The Labute approximate surface area is 114 Å². The summed E-state index contributed by atoms with van der Waals surface area (Å²) in [5, 5.41) is 0. The molecule has 0 saturated carbocycles. The lowest BCUT2D eigenvalue weighted by Gasteiger charge is -2.15. The summed E-state index contributed by atoms with van der Waals surface area (Å²) < 4.78 is 5.38. The lowest BCUT2D eigenvalue weighted by atomic mass is 10.0. The second-order valence-corrected chi connectivity index (χ2v) is 4.83. The SMILES string of the molecule is COc1ccc(C)cc1CC(N)c1cccc(C)n1. The summed E-state index contributed by atoms with van der Waals surface area (Å²) in [6.45, 7) is 4.04. The molecule has 2 N–H and O–H groups in total. The Morgan fingerprint density at radius 1 is 1.21 bits per heavy atom. The summed E-state index contributed by atoms with van der Waals surface area (Å²) in [7, 11) is 1.69. The smallest absolute Gasteiger partial charge is 0.122 e. The fraction of sp³-hybridized carbons (Fsp3) is 0.312. The first kappa shape index (κ1) is 13.6. The fourth-order valence-corrected chi connectivity index (χ4v) is 2.18. The van der Waals surface area contributed by atoms with E-state index in [4.69, 9.17) is 10.5 Å². The maximum absolute atomic E-state index is 6.25. The van der Waals surface area contributed by atoms with Gasteiger partial charge in [-0.05, 0) is 44.0 Å². The number of methoxy groups -OCH3 is 1. The summed E-state index contributed by atoms with van der Waals surface area (Å²) in [5.41, 5.74) is 10.5. The van der Waals surface area contributed by atoms with Crippen LogP contribution in [0.15, 0.2) is 36.4 Å². The molecule has 0 aliphatic carbocycles. The molecule has 1 unspecified atom stereocenters. The summed E-state index contributed by atoms with van der Waals surface area (Å²) in [5.74, 6) is 0.883. The van der Waals surface area contributed by atoms with Crippen LogP contribution < -0.4 is 10.5 Å². The first-order valence-corrected chi connectivity index (χ1v) is 6.43. The van der Waals surface area contributed by atoms with Crippen LogP contribution in [0.3, 0.4) is 0 Å². The number of nitrogens with zero attached hydrogens (tertiary/aromatic N) is 1. The Bertz CT molecular complexity index is 566. The highest BCUT2D eigenvalue weighted by atomic mass is 16.5. The van der Waals surface area contributed by atoms with E-state index in [1.807, 2.05) is 37.3 Å². The van der Waals surface area contributed by atoms with Gasteiger partial charge in [0.25, 0.3) is 0 Å². The Hall–Kier alpha value is -1.87. The van der Waals surface area contributed by atoms with Gasteiger partial charge < -0.3 is 10.5 Å². The zero-order valence-corrected chi connectivity index (χ0v) is 11.7. The van der Waals surface area contributed by atoms with Crippen molar-refractivity contribution in [2.24, 2.45) is 5.73 Å². The second-order valence-electron chi connectivity index (χ2n) is 4.83. The molecule has 0 amide bonds. The van der Waals surface area contributed by atoms with Gasteiger partial charge in [-0.2, -0.15) is 0 Å². The molecule has 2 aromatic rings. The normalized spacial score (nSPS) is 12.2. The van der Waals surface area contributed by atoms with Crippen LogP contribution in [-0.4, -0.2) is 12.1 Å². The van der Waals surface area contributed by atoms with Crippen molar-refractivity contribution in [3.05, 3.63) is 58.9 Å². The van der Waals surface area contributed by atoms with Gasteiger partial charge in [-0.1, -0.05) is 23.8 Å². The average molecular weight is 256 g/mol. The zero-order valence-electron chi connectivity index (χ0n) is 11.7. The molecule has 3 nitrogen and oxygen atoms in total. The van der Waals surface area contributed by atoms with E-state index in [2.05, 4.69) is 18.0 Å². The minimum Gasteiger partial charge on any atom is -0.496 e. The highest BCUT2D eigenvalue weighted by Crippen LogP contribution is 2.24. The number of ether oxygens (including phenoxy) is 1. The highest BCUT2D eigenvalue weighted by molar-refractivity contribution is 5.38. The van der Waals surface area contributed by atoms with Crippen LogP contribution in [0.2, 0.25) is 0 Å². The predicted molar refractivity (Wildman–Crippen MR) is 77.3 cm³/mol. The summed E-state index contributed by atoms with van der Waals surface area (Å²) in [4.78, 5) is 4.48. The number of hydrogen-bond donors (Lipinski definition) is 1. The third kappa shape index (κ3) is 3.32. The Morgan fingerprint density at radius 2 is 2.00 bits per heavy atom. The molecule has 0 bridgehead atoms. The molecule has 19 heavy (non-hydrogen) atoms. The lowest BCUT2D eigenvalue weighted by molar-refractivity contribution is 0.408. The molecule has 1 aromatic carbocycles. The van der Waals surface area contributed by atoms with Gasteiger partial charge in [0.1, 0.15) is 5.75 Å². The topological polar surface area (TPSA) is 48.1 Å². The van der Waals surface area contributed by atoms with Crippen molar-refractivity contribution in [2.45, 2.75) is 26.3 Å². The van der Waals surface area contributed by atoms with Gasteiger partial charge in [-0.3, -0.25) is 4.98 Å². The largest absolute Gasteiger partial charge is 0.496 e. The van der Waals surface area contributed by atoms with Crippen molar-refractivity contribution in [3.63, 3.8) is 0 Å². The molecule has 3 heteroatoms. The monoisotopic (exact) mass is 256 g/mol. The minimum atomic E-state index is -0.115. The summed E-state index contributed by atoms with van der Waals surface area (Å²) >= 11 is 0. The van der Waals surface area contributed by atoms with E-state index in [1.54, 1.807) is 7.11 Å². The Kier molecular flexibility index (Phi) is 4.17. The zero-order chi connectivity index (χ0) is 13.8. The van der Waals surface area contributed by atoms with Crippen LogP contribution in [0, 0.1) is 13.8 Å². The number of rotatable bonds is 4. The third-order valence-electron chi connectivity index (χ3n) is 3.17. The number of pyridine rings is 1. The molecular weight excluding hydrogens is 236 g/mol. The molecule has 0 aliphatic rings. The minimum absolute atomic E-state index is 0.115. The van der Waals surface area contributed by atoms with Crippen molar-refractivity contribution in [1.82, 2.24) is 4.98 Å². The Morgan fingerprint density at radius 3 is 2.68 bits per heavy atom. The van der Waals surface area contributed by atoms with E-state index in [0.29, 0.717) is 0 Å². The molecule has 0 radical (unpaired) electrons. The highest BCUT2D eigenvalue weighted by Gasteiger charge is 2.12. The summed E-state index contributed by atoms with van der Waals surface area (Å²) in [6, 6.07) is 12.0. The Balaban J connectivity index is 2.23. The van der Waals surface area contributed by atoms with E-state index in [0.717, 1.165) is 29.1 Å². The first-order chi connectivity index (χ1) is 9.10. The van der Waals surface area contributed by atoms with Crippen LogP contribution >= 0.6 is 0 Å². The molecule has 2 rings (SSSR count). The number of aromatic nitrogens is 1. The van der Waals surface area contributed by atoms with Gasteiger partial charge in [-0.25, -0.2) is 0 Å². The quantitative estimate of drug-likeness (QED) is 0.915. The van der Waals surface area contributed by atoms with Crippen molar-refractivity contribution in [3.8, 4) is 5.75 Å². The molecule has 0 spiro atoms. The fourth-order valence-electron chi connectivity index (χ4n) is 2.18. The summed E-state index contributed by atoms with van der Waals surface area (Å²) in [6.07, 6.45) is 0.724. The van der Waals surface area contributed by atoms with Crippen LogP contribution in [0.5, 0.6) is 5.75 Å². The molecule has 1 atom stereocenters. The van der Waals surface area contributed by atoms with Crippen molar-refractivity contribution >= 4 is 0 Å². The molecular formula is C16H20N2O. The number of aryl methyl sites for hydroxylation is 2. The molecule has 0 saturated heterocycles. The first-order valence-electron chi connectivity index (χ1n) is 6.43. The second kappa shape index (κ2) is 5.85. The van der Waals surface area contributed by atoms with Gasteiger partial charge >= 0.3 is 0 Å². The number of hydrogen-bond acceptors (Lipinski definition) is 3. The van der Waals surface area contributed by atoms with Crippen molar-refractivity contribution in [1.29, 1.82) is 0 Å². The maximum atomic E-state index is 6.25. The van der Waals surface area contributed by atoms with Crippen molar-refractivity contribution < 1.29 is 4.74 Å². The maximum Gasteiger partial charge on any atom is 0.122 e. The van der Waals surface area contributed by atoms with Gasteiger partial charge in [-0.15, -0.1) is 0 Å². The van der Waals surface area contributed by atoms with Crippen LogP contribution in [0.1, 0.15) is 28.6 Å². The van der Waals surface area contributed by atoms with Crippen LogP contribution in [0.25, 0.3) is 0 Å². The van der Waals surface area contributed by atoms with E-state index in [-0.39, 0.29) is 6.04 Å². The molecule has 100 valence electrons. The van der Waals surface area contributed by atoms with Crippen molar-refractivity contribution in [2.75, 3.05) is 7.11 Å². The molecule has 0 fully saturated rings. The predicted octanol–water partition coefficient (Wildman–Crippen LogP) is 2.95. The van der Waals surface area contributed by atoms with Crippen LogP contribution in [-0.2, 0) is 6.42 Å². The van der Waals surface area contributed by atoms with E-state index >= 15 is 0 Å². The van der Waals surface area contributed by atoms with Gasteiger partial charge in [0, 0.05) is 5.69 Å². The van der Waals surface area contributed by atoms with Gasteiger partial charge in [0.15, 0.2) is 0 Å². The molecule has 1 heterocycles. The number of benzene rings is 1.